The first-order chi connectivity index (χ1) is 8.96. The Balaban J connectivity index is 0.00000361. The van der Waals surface area contributed by atoms with E-state index in [0.29, 0.717) is 13.2 Å². The smallest absolute Gasteiger partial charge is 0.237 e. The number of nitrogens with zero attached hydrogens (tertiary/aromatic N) is 1. The van der Waals surface area contributed by atoms with E-state index < -0.39 is 10.0 Å². The summed E-state index contributed by atoms with van der Waals surface area (Å²) in [5.41, 5.74) is 0. The molecule has 0 aromatic heterocycles. The van der Waals surface area contributed by atoms with Gasteiger partial charge in [-0.05, 0) is 13.8 Å². The van der Waals surface area contributed by atoms with Gasteiger partial charge in [-0.3, -0.25) is 4.79 Å². The summed E-state index contributed by atoms with van der Waals surface area (Å²) in [6, 6.07) is 0.0918. The van der Waals surface area contributed by atoms with Gasteiger partial charge in [0.1, 0.15) is 0 Å². The lowest BCUT2D eigenvalue weighted by atomic mass is 10.2. The van der Waals surface area contributed by atoms with Crippen molar-refractivity contribution < 1.29 is 17.9 Å². The second kappa shape index (κ2) is 9.51. The quantitative estimate of drug-likeness (QED) is 0.596. The Hall–Kier alpha value is -0.410. The van der Waals surface area contributed by atoms with Crippen molar-refractivity contribution in [3.05, 3.63) is 0 Å². The van der Waals surface area contributed by atoms with Crippen LogP contribution in [0.4, 0.5) is 0 Å². The fourth-order valence-electron chi connectivity index (χ4n) is 1.87. The minimum Gasteiger partial charge on any atom is -0.381 e. The standard InChI is InChI=1S/C11H23N3O4S.ClH/c1-3-18-6-7-19(16,17)13-9-11(15)14-5-4-12-8-10(14)2;/h10,12-13H,3-9H2,1-2H3;1H/t10-;/m1./s1. The van der Waals surface area contributed by atoms with Gasteiger partial charge in [0.05, 0.1) is 18.9 Å². The highest BCUT2D eigenvalue weighted by atomic mass is 35.5. The molecule has 0 radical (unpaired) electrons. The van der Waals surface area contributed by atoms with Crippen LogP contribution in [0.1, 0.15) is 13.8 Å². The van der Waals surface area contributed by atoms with Gasteiger partial charge in [0.15, 0.2) is 0 Å². The molecule has 1 rings (SSSR count). The highest BCUT2D eigenvalue weighted by Gasteiger charge is 2.23. The molecule has 1 aliphatic rings. The Morgan fingerprint density at radius 3 is 2.80 bits per heavy atom. The Labute approximate surface area is 126 Å². The van der Waals surface area contributed by atoms with E-state index in [1.165, 1.54) is 0 Å². The fourth-order valence-corrected chi connectivity index (χ4v) is 2.69. The molecular weight excluding hydrogens is 306 g/mol. The number of sulfonamides is 1. The zero-order valence-electron chi connectivity index (χ0n) is 11.9. The lowest BCUT2D eigenvalue weighted by Gasteiger charge is -2.34. The summed E-state index contributed by atoms with van der Waals surface area (Å²) >= 11 is 0. The monoisotopic (exact) mass is 329 g/mol. The van der Waals surface area contributed by atoms with Gasteiger partial charge in [0.2, 0.25) is 15.9 Å². The number of halogens is 1. The Kier molecular flexibility index (Phi) is 9.32. The normalized spacial score (nSPS) is 19.5. The lowest BCUT2D eigenvalue weighted by molar-refractivity contribution is -0.132. The largest absolute Gasteiger partial charge is 0.381 e. The molecule has 1 aliphatic heterocycles. The maximum absolute atomic E-state index is 11.9. The van der Waals surface area contributed by atoms with Crippen molar-refractivity contribution in [3.8, 4) is 0 Å². The predicted octanol–water partition coefficient (Wildman–Crippen LogP) is -0.816. The SMILES string of the molecule is CCOCCS(=O)(=O)NCC(=O)N1CCNC[C@H]1C.Cl. The van der Waals surface area contributed by atoms with Gasteiger partial charge in [0.25, 0.3) is 0 Å². The van der Waals surface area contributed by atoms with Gasteiger partial charge in [-0.1, -0.05) is 0 Å². The lowest BCUT2D eigenvalue weighted by Crippen LogP contribution is -2.54. The summed E-state index contributed by atoms with van der Waals surface area (Å²) in [6.45, 7) is 6.27. The molecule has 1 fully saturated rings. The van der Waals surface area contributed by atoms with Gasteiger partial charge in [-0.2, -0.15) is 0 Å². The minimum atomic E-state index is -3.44. The first-order valence-corrected chi connectivity index (χ1v) is 8.16. The van der Waals surface area contributed by atoms with Crippen molar-refractivity contribution in [1.82, 2.24) is 14.9 Å². The molecule has 7 nitrogen and oxygen atoms in total. The van der Waals surface area contributed by atoms with Crippen LogP contribution in [-0.2, 0) is 19.6 Å². The molecule has 120 valence electrons. The summed E-state index contributed by atoms with van der Waals surface area (Å²) < 4.78 is 30.5. The van der Waals surface area contributed by atoms with Crippen LogP contribution >= 0.6 is 12.4 Å². The number of carbonyl (C=O) groups excluding carboxylic acids is 1. The molecule has 0 unspecified atom stereocenters. The van der Waals surface area contributed by atoms with Crippen molar-refractivity contribution in [3.63, 3.8) is 0 Å². The molecule has 0 spiro atoms. The van der Waals surface area contributed by atoms with Crippen LogP contribution in [0.15, 0.2) is 0 Å². The zero-order chi connectivity index (χ0) is 14.3. The van der Waals surface area contributed by atoms with E-state index in [2.05, 4.69) is 10.0 Å². The van der Waals surface area contributed by atoms with E-state index in [9.17, 15) is 13.2 Å². The summed E-state index contributed by atoms with van der Waals surface area (Å²) in [5, 5.41) is 3.18. The number of carbonyl (C=O) groups is 1. The maximum Gasteiger partial charge on any atom is 0.237 e. The number of amides is 1. The molecule has 0 bridgehead atoms. The van der Waals surface area contributed by atoms with Crippen LogP contribution in [0.3, 0.4) is 0 Å². The molecule has 1 amide bonds. The number of rotatable bonds is 7. The van der Waals surface area contributed by atoms with Crippen LogP contribution in [0.2, 0.25) is 0 Å². The van der Waals surface area contributed by atoms with Gasteiger partial charge < -0.3 is 15.0 Å². The molecule has 0 saturated carbocycles. The van der Waals surface area contributed by atoms with E-state index in [4.69, 9.17) is 4.74 Å². The summed E-state index contributed by atoms with van der Waals surface area (Å²) in [4.78, 5) is 13.6. The average molecular weight is 330 g/mol. The summed E-state index contributed by atoms with van der Waals surface area (Å²) in [5.74, 6) is -0.306. The number of piperazine rings is 1. The molecule has 1 atom stereocenters. The molecule has 9 heteroatoms. The van der Waals surface area contributed by atoms with Crippen LogP contribution < -0.4 is 10.0 Å². The third-order valence-corrected chi connectivity index (χ3v) is 4.25. The van der Waals surface area contributed by atoms with E-state index in [0.717, 1.165) is 13.1 Å². The van der Waals surface area contributed by atoms with Crippen molar-refractivity contribution >= 4 is 28.3 Å². The Bertz CT molecular complexity index is 391. The average Bonchev–Trinajstić information content (AvgIpc) is 2.37. The van der Waals surface area contributed by atoms with Crippen LogP contribution in [0, 0.1) is 0 Å². The highest BCUT2D eigenvalue weighted by molar-refractivity contribution is 7.89. The van der Waals surface area contributed by atoms with E-state index in [-0.39, 0.29) is 43.3 Å². The fraction of sp³-hybridized carbons (Fsp3) is 0.909. The van der Waals surface area contributed by atoms with E-state index >= 15 is 0 Å². The van der Waals surface area contributed by atoms with Gasteiger partial charge >= 0.3 is 0 Å². The Morgan fingerprint density at radius 1 is 1.50 bits per heavy atom. The van der Waals surface area contributed by atoms with E-state index in [1.54, 1.807) is 11.8 Å². The minimum absolute atomic E-state index is 0. The molecular formula is C11H24ClN3O4S. The summed E-state index contributed by atoms with van der Waals surface area (Å²) in [7, 11) is -3.44. The third-order valence-electron chi connectivity index (χ3n) is 2.97. The third kappa shape index (κ3) is 6.85. The van der Waals surface area contributed by atoms with Crippen molar-refractivity contribution in [2.75, 3.05) is 45.1 Å². The molecule has 20 heavy (non-hydrogen) atoms. The Morgan fingerprint density at radius 2 is 2.20 bits per heavy atom. The number of ether oxygens (including phenoxy) is 1. The van der Waals surface area contributed by atoms with Crippen LogP contribution in [0.5, 0.6) is 0 Å². The molecule has 0 aromatic rings. The molecule has 0 aliphatic carbocycles. The number of hydrogen-bond donors (Lipinski definition) is 2. The maximum atomic E-state index is 11.9. The first-order valence-electron chi connectivity index (χ1n) is 6.51. The number of nitrogens with one attached hydrogen (secondary N) is 2. The van der Waals surface area contributed by atoms with Crippen LogP contribution in [-0.4, -0.2) is 70.4 Å². The first kappa shape index (κ1) is 19.6. The second-order valence-corrected chi connectivity index (χ2v) is 6.40. The van der Waals surface area contributed by atoms with Crippen molar-refractivity contribution in [2.45, 2.75) is 19.9 Å². The van der Waals surface area contributed by atoms with Gasteiger partial charge in [-0.25, -0.2) is 13.1 Å². The molecule has 0 aromatic carbocycles. The molecule has 1 saturated heterocycles. The van der Waals surface area contributed by atoms with Crippen molar-refractivity contribution in [2.24, 2.45) is 0 Å². The summed E-state index contributed by atoms with van der Waals surface area (Å²) in [6.07, 6.45) is 0. The molecule has 1 heterocycles. The topological polar surface area (TPSA) is 87.7 Å². The van der Waals surface area contributed by atoms with Gasteiger partial charge in [0, 0.05) is 32.3 Å². The molecule has 2 N–H and O–H groups in total. The van der Waals surface area contributed by atoms with Crippen LogP contribution in [0.25, 0.3) is 0 Å². The zero-order valence-corrected chi connectivity index (χ0v) is 13.6. The predicted molar refractivity (Wildman–Crippen MR) is 79.6 cm³/mol. The van der Waals surface area contributed by atoms with Gasteiger partial charge in [-0.15, -0.1) is 12.4 Å². The van der Waals surface area contributed by atoms with E-state index in [1.807, 2.05) is 6.92 Å². The van der Waals surface area contributed by atoms with Crippen molar-refractivity contribution in [1.29, 1.82) is 0 Å². The second-order valence-electron chi connectivity index (χ2n) is 4.48. The number of hydrogen-bond acceptors (Lipinski definition) is 5. The highest BCUT2D eigenvalue weighted by Crippen LogP contribution is 2.02.